The lowest BCUT2D eigenvalue weighted by Crippen LogP contribution is -2.11. The summed E-state index contributed by atoms with van der Waals surface area (Å²) < 4.78 is 11.1. The smallest absolute Gasteiger partial charge is 0.468 e. The number of carbonyl (C=O) groups is 1. The van der Waals surface area contributed by atoms with E-state index >= 15 is 0 Å². The van der Waals surface area contributed by atoms with E-state index in [4.69, 9.17) is 0 Å². The average molecular weight is 323 g/mol. The van der Waals surface area contributed by atoms with Crippen molar-refractivity contribution in [3.05, 3.63) is 40.9 Å². The molecule has 0 saturated heterocycles. The number of carbonyl (C=O) groups excluding carboxylic acids is 1. The SMILES string of the molecule is CCCC([S+]=O)c1cnc(NC(=O)c2ccccc2O)s1. The van der Waals surface area contributed by atoms with Crippen molar-refractivity contribution in [1.29, 1.82) is 0 Å². The Morgan fingerprint density at radius 1 is 1.48 bits per heavy atom. The summed E-state index contributed by atoms with van der Waals surface area (Å²) in [5.74, 6) is -0.499. The zero-order valence-corrected chi connectivity index (χ0v) is 13.0. The lowest BCUT2D eigenvalue weighted by Gasteiger charge is -2.03. The molecule has 0 bridgehead atoms. The molecule has 2 aromatic rings. The van der Waals surface area contributed by atoms with Gasteiger partial charge >= 0.3 is 11.7 Å². The molecule has 0 aliphatic rings. The second kappa shape index (κ2) is 7.24. The first kappa shape index (κ1) is 15.5. The molecule has 0 aliphatic heterocycles. The highest BCUT2D eigenvalue weighted by Crippen LogP contribution is 2.29. The van der Waals surface area contributed by atoms with Crippen LogP contribution in [-0.2, 0) is 15.9 Å². The molecule has 2 rings (SSSR count). The molecule has 0 fully saturated rings. The Hall–Kier alpha value is -1.86. The monoisotopic (exact) mass is 323 g/mol. The molecule has 5 nitrogen and oxygen atoms in total. The summed E-state index contributed by atoms with van der Waals surface area (Å²) in [6.07, 6.45) is 3.32. The van der Waals surface area contributed by atoms with Crippen LogP contribution in [-0.4, -0.2) is 16.0 Å². The van der Waals surface area contributed by atoms with E-state index in [1.54, 1.807) is 18.3 Å². The molecule has 0 radical (unpaired) electrons. The second-order valence-electron chi connectivity index (χ2n) is 4.41. The van der Waals surface area contributed by atoms with Gasteiger partial charge in [0, 0.05) is 16.8 Å². The van der Waals surface area contributed by atoms with Crippen LogP contribution < -0.4 is 5.32 Å². The third kappa shape index (κ3) is 3.83. The third-order valence-electron chi connectivity index (χ3n) is 2.88. The van der Waals surface area contributed by atoms with Gasteiger partial charge in [-0.25, -0.2) is 4.98 Å². The molecule has 1 amide bonds. The van der Waals surface area contributed by atoms with Crippen LogP contribution in [0.25, 0.3) is 0 Å². The number of hydrogen-bond acceptors (Lipinski definition) is 5. The van der Waals surface area contributed by atoms with E-state index < -0.39 is 5.91 Å². The van der Waals surface area contributed by atoms with Crippen molar-refractivity contribution in [2.45, 2.75) is 25.0 Å². The Kier molecular flexibility index (Phi) is 5.35. The van der Waals surface area contributed by atoms with Gasteiger partial charge in [-0.2, -0.15) is 0 Å². The van der Waals surface area contributed by atoms with Crippen LogP contribution >= 0.6 is 11.3 Å². The lowest BCUT2D eigenvalue weighted by molar-refractivity contribution is 0.102. The van der Waals surface area contributed by atoms with E-state index in [-0.39, 0.29) is 16.6 Å². The van der Waals surface area contributed by atoms with Gasteiger partial charge in [0.25, 0.3) is 11.2 Å². The zero-order chi connectivity index (χ0) is 15.2. The normalized spacial score (nSPS) is 11.9. The summed E-state index contributed by atoms with van der Waals surface area (Å²) in [6.45, 7) is 2.02. The minimum atomic E-state index is -0.421. The van der Waals surface area contributed by atoms with Crippen molar-refractivity contribution in [3.63, 3.8) is 0 Å². The maximum absolute atomic E-state index is 12.0. The zero-order valence-electron chi connectivity index (χ0n) is 11.4. The predicted molar refractivity (Wildman–Crippen MR) is 83.9 cm³/mol. The van der Waals surface area contributed by atoms with E-state index in [2.05, 4.69) is 10.3 Å². The maximum Gasteiger partial charge on any atom is 0.468 e. The fraction of sp³-hybridized carbons (Fsp3) is 0.286. The first-order valence-corrected chi connectivity index (χ1v) is 8.11. The molecule has 1 heterocycles. The molecule has 2 N–H and O–H groups in total. The van der Waals surface area contributed by atoms with Gasteiger partial charge in [-0.15, -0.1) is 0 Å². The molecular weight excluding hydrogens is 308 g/mol. The van der Waals surface area contributed by atoms with Gasteiger partial charge in [0.1, 0.15) is 5.75 Å². The summed E-state index contributed by atoms with van der Waals surface area (Å²) in [5.41, 5.74) is 0.192. The summed E-state index contributed by atoms with van der Waals surface area (Å²) in [5, 5.41) is 12.6. The molecule has 0 spiro atoms. The largest absolute Gasteiger partial charge is 0.507 e. The molecule has 110 valence electrons. The number of thiazole rings is 1. The van der Waals surface area contributed by atoms with Crippen molar-refractivity contribution in [2.75, 3.05) is 5.32 Å². The molecule has 0 saturated carbocycles. The third-order valence-corrected chi connectivity index (χ3v) is 4.77. The van der Waals surface area contributed by atoms with Crippen LogP contribution in [0.4, 0.5) is 5.13 Å². The fourth-order valence-corrected chi connectivity index (χ4v) is 3.40. The standard InChI is InChI=1S/C14H14N2O3S2/c1-2-5-11(21-19)12-8-15-14(20-12)16-13(18)9-6-3-4-7-10(9)17/h3-4,6-8,11H,2,5H2,1H3,(H-,15,16,17,18)/p+1. The van der Waals surface area contributed by atoms with Gasteiger partial charge in [-0.1, -0.05) is 36.8 Å². The highest BCUT2D eigenvalue weighted by molar-refractivity contribution is 7.66. The lowest BCUT2D eigenvalue weighted by atomic mass is 10.2. The van der Waals surface area contributed by atoms with Gasteiger partial charge < -0.3 is 5.11 Å². The van der Waals surface area contributed by atoms with Gasteiger partial charge in [-0.05, 0) is 12.1 Å². The molecule has 1 unspecified atom stereocenters. The number of para-hydroxylation sites is 1. The van der Waals surface area contributed by atoms with Gasteiger partial charge in [-0.3, -0.25) is 10.1 Å². The Morgan fingerprint density at radius 2 is 2.24 bits per heavy atom. The highest BCUT2D eigenvalue weighted by atomic mass is 32.1. The molecule has 1 aromatic heterocycles. The number of nitrogens with zero attached hydrogens (tertiary/aromatic N) is 1. The number of anilines is 1. The van der Waals surface area contributed by atoms with E-state index in [1.807, 2.05) is 6.92 Å². The molecule has 21 heavy (non-hydrogen) atoms. The number of aromatic nitrogens is 1. The van der Waals surface area contributed by atoms with Gasteiger partial charge in [0.2, 0.25) is 0 Å². The molecule has 1 atom stereocenters. The number of benzene rings is 1. The van der Waals surface area contributed by atoms with E-state index in [0.717, 1.165) is 17.7 Å². The molecular formula is C14H15N2O3S2+. The summed E-state index contributed by atoms with van der Waals surface area (Å²) in [4.78, 5) is 17.0. The summed E-state index contributed by atoms with van der Waals surface area (Å²) in [6, 6.07) is 6.31. The fourth-order valence-electron chi connectivity index (χ4n) is 1.82. The van der Waals surface area contributed by atoms with Crippen LogP contribution in [0.15, 0.2) is 30.5 Å². The van der Waals surface area contributed by atoms with Gasteiger partial charge in [0.15, 0.2) is 5.13 Å². The maximum atomic E-state index is 12.0. The highest BCUT2D eigenvalue weighted by Gasteiger charge is 2.26. The van der Waals surface area contributed by atoms with E-state index in [1.165, 1.54) is 23.5 Å². The van der Waals surface area contributed by atoms with Crippen molar-refractivity contribution in [3.8, 4) is 5.75 Å². The van der Waals surface area contributed by atoms with E-state index in [9.17, 15) is 14.1 Å². The quantitative estimate of drug-likeness (QED) is 0.799. The first-order chi connectivity index (χ1) is 10.2. The van der Waals surface area contributed by atoms with Gasteiger partial charge in [0.05, 0.1) is 10.4 Å². The number of amides is 1. The molecule has 1 aromatic carbocycles. The minimum Gasteiger partial charge on any atom is -0.507 e. The topological polar surface area (TPSA) is 79.3 Å². The number of phenols is 1. The summed E-state index contributed by atoms with van der Waals surface area (Å²) >= 11 is 1.84. The Balaban J connectivity index is 2.11. The Labute approximate surface area is 130 Å². The predicted octanol–water partition coefficient (Wildman–Crippen LogP) is 3.37. The number of phenolic OH excluding ortho intramolecular Hbond substituents is 1. The Morgan fingerprint density at radius 3 is 2.90 bits per heavy atom. The summed E-state index contributed by atoms with van der Waals surface area (Å²) in [7, 11) is 0. The van der Waals surface area contributed by atoms with Crippen LogP contribution in [0.3, 0.4) is 0 Å². The van der Waals surface area contributed by atoms with Crippen LogP contribution in [0.2, 0.25) is 0 Å². The molecule has 7 heteroatoms. The first-order valence-electron chi connectivity index (χ1n) is 6.49. The van der Waals surface area contributed by atoms with Crippen molar-refractivity contribution in [2.24, 2.45) is 0 Å². The van der Waals surface area contributed by atoms with Crippen molar-refractivity contribution >= 4 is 34.0 Å². The van der Waals surface area contributed by atoms with E-state index in [0.29, 0.717) is 16.8 Å². The van der Waals surface area contributed by atoms with Crippen LogP contribution in [0.1, 0.15) is 40.3 Å². The van der Waals surface area contributed by atoms with Crippen molar-refractivity contribution in [1.82, 2.24) is 4.98 Å². The number of rotatable bonds is 6. The van der Waals surface area contributed by atoms with Crippen LogP contribution in [0.5, 0.6) is 5.75 Å². The molecule has 0 aliphatic carbocycles. The Bertz CT molecular complexity index is 643. The van der Waals surface area contributed by atoms with Crippen molar-refractivity contribution < 1.29 is 14.1 Å². The number of hydrogen-bond donors (Lipinski definition) is 2. The minimum absolute atomic E-state index is 0.0780. The average Bonchev–Trinajstić information content (AvgIpc) is 2.93. The number of aromatic hydroxyl groups is 1. The van der Waals surface area contributed by atoms with Crippen LogP contribution in [0, 0.1) is 0 Å². The second-order valence-corrected chi connectivity index (χ2v) is 6.24. The number of nitrogens with one attached hydrogen (secondary N) is 1.